The highest BCUT2D eigenvalue weighted by Gasteiger charge is 2.27. The minimum atomic E-state index is -0.666. The van der Waals surface area contributed by atoms with E-state index in [9.17, 15) is 9.59 Å². The van der Waals surface area contributed by atoms with Crippen molar-refractivity contribution in [1.29, 1.82) is 0 Å². The summed E-state index contributed by atoms with van der Waals surface area (Å²) in [7, 11) is 1.52. The number of aryl methyl sites for hydroxylation is 2. The fourth-order valence-electron chi connectivity index (χ4n) is 3.35. The zero-order valence-electron chi connectivity index (χ0n) is 16.6. The lowest BCUT2D eigenvalue weighted by atomic mass is 10.0. The van der Waals surface area contributed by atoms with Gasteiger partial charge in [0.15, 0.2) is 5.13 Å². The number of amides is 2. The van der Waals surface area contributed by atoms with Crippen molar-refractivity contribution in [3.8, 4) is 5.75 Å². The summed E-state index contributed by atoms with van der Waals surface area (Å²) in [5.74, 6) is -0.175. The lowest BCUT2D eigenvalue weighted by Gasteiger charge is -2.21. The Morgan fingerprint density at radius 1 is 1.14 bits per heavy atom. The Morgan fingerprint density at radius 3 is 2.64 bits per heavy atom. The maximum Gasteiger partial charge on any atom is 0.255 e. The van der Waals surface area contributed by atoms with Gasteiger partial charge in [-0.1, -0.05) is 32.4 Å². The molecule has 6 nitrogen and oxygen atoms in total. The molecule has 0 aliphatic heterocycles. The van der Waals surface area contributed by atoms with Gasteiger partial charge in [0, 0.05) is 4.88 Å². The molecule has 1 atom stereocenters. The van der Waals surface area contributed by atoms with Gasteiger partial charge < -0.3 is 15.4 Å². The number of hydrogen-bond acceptors (Lipinski definition) is 5. The van der Waals surface area contributed by atoms with Gasteiger partial charge in [-0.05, 0) is 43.7 Å². The summed E-state index contributed by atoms with van der Waals surface area (Å²) in [5.41, 5.74) is 1.52. The maximum absolute atomic E-state index is 12.9. The van der Waals surface area contributed by atoms with E-state index < -0.39 is 6.04 Å². The first-order chi connectivity index (χ1) is 13.5. The second-order valence-corrected chi connectivity index (χ2v) is 8.42. The van der Waals surface area contributed by atoms with Gasteiger partial charge in [-0.2, -0.15) is 0 Å². The van der Waals surface area contributed by atoms with Gasteiger partial charge in [0.05, 0.1) is 18.4 Å². The van der Waals surface area contributed by atoms with E-state index in [0.717, 1.165) is 25.0 Å². The zero-order chi connectivity index (χ0) is 20.1. The van der Waals surface area contributed by atoms with E-state index in [1.165, 1.54) is 24.8 Å². The van der Waals surface area contributed by atoms with E-state index in [0.29, 0.717) is 16.4 Å². The van der Waals surface area contributed by atoms with E-state index >= 15 is 0 Å². The van der Waals surface area contributed by atoms with E-state index in [2.05, 4.69) is 15.6 Å². The Hall–Kier alpha value is -2.41. The van der Waals surface area contributed by atoms with Crippen molar-refractivity contribution in [2.24, 2.45) is 5.92 Å². The predicted octanol–water partition coefficient (Wildman–Crippen LogP) is 3.81. The Morgan fingerprint density at radius 2 is 1.89 bits per heavy atom. The maximum atomic E-state index is 12.9. The van der Waals surface area contributed by atoms with Gasteiger partial charge in [0.1, 0.15) is 11.8 Å². The van der Waals surface area contributed by atoms with Crippen molar-refractivity contribution < 1.29 is 14.3 Å². The average Bonchev–Trinajstić information content (AvgIpc) is 2.93. The van der Waals surface area contributed by atoms with E-state index in [1.54, 1.807) is 35.6 Å². The molecule has 1 heterocycles. The van der Waals surface area contributed by atoms with Crippen LogP contribution in [0.15, 0.2) is 24.3 Å². The van der Waals surface area contributed by atoms with Crippen molar-refractivity contribution >= 4 is 28.3 Å². The fourth-order valence-corrected chi connectivity index (χ4v) is 4.40. The van der Waals surface area contributed by atoms with E-state index in [4.69, 9.17) is 4.74 Å². The number of benzene rings is 1. The van der Waals surface area contributed by atoms with Crippen LogP contribution in [0.4, 0.5) is 5.13 Å². The molecule has 150 valence electrons. The number of hydrogen-bond donors (Lipinski definition) is 2. The number of nitrogens with zero attached hydrogens (tertiary/aromatic N) is 1. The third-order valence-electron chi connectivity index (χ3n) is 4.91. The Balaban J connectivity index is 1.71. The van der Waals surface area contributed by atoms with Crippen LogP contribution in [0.5, 0.6) is 5.75 Å². The molecule has 0 bridgehead atoms. The van der Waals surface area contributed by atoms with Gasteiger partial charge in [-0.3, -0.25) is 9.59 Å². The van der Waals surface area contributed by atoms with E-state index in [-0.39, 0.29) is 17.7 Å². The van der Waals surface area contributed by atoms with Crippen molar-refractivity contribution in [1.82, 2.24) is 10.3 Å². The van der Waals surface area contributed by atoms with Crippen LogP contribution in [-0.4, -0.2) is 29.9 Å². The van der Waals surface area contributed by atoms with Crippen LogP contribution in [0.1, 0.15) is 54.0 Å². The SMILES string of the molecule is COc1ccccc1C(=O)NC(C(=O)Nc1nc2c(s1)CCCCC2)C(C)C. The molecule has 2 aromatic rings. The summed E-state index contributed by atoms with van der Waals surface area (Å²) >= 11 is 1.55. The zero-order valence-corrected chi connectivity index (χ0v) is 17.4. The van der Waals surface area contributed by atoms with E-state index in [1.807, 2.05) is 13.8 Å². The average molecular weight is 402 g/mol. The number of rotatable bonds is 6. The minimum absolute atomic E-state index is 0.0727. The van der Waals surface area contributed by atoms with Crippen LogP contribution >= 0.6 is 11.3 Å². The van der Waals surface area contributed by atoms with Crippen LogP contribution < -0.4 is 15.4 Å². The molecule has 7 heteroatoms. The predicted molar refractivity (Wildman–Crippen MR) is 111 cm³/mol. The van der Waals surface area contributed by atoms with Crippen LogP contribution in [-0.2, 0) is 17.6 Å². The van der Waals surface area contributed by atoms with Gasteiger partial charge in [0.25, 0.3) is 5.91 Å². The van der Waals surface area contributed by atoms with Gasteiger partial charge in [-0.15, -0.1) is 11.3 Å². The van der Waals surface area contributed by atoms with Crippen molar-refractivity contribution in [2.45, 2.75) is 52.0 Å². The second-order valence-electron chi connectivity index (χ2n) is 7.33. The lowest BCUT2D eigenvalue weighted by molar-refractivity contribution is -0.118. The number of carbonyl (C=O) groups is 2. The Bertz CT molecular complexity index is 824. The molecule has 2 N–H and O–H groups in total. The third-order valence-corrected chi connectivity index (χ3v) is 5.99. The molecule has 1 aliphatic carbocycles. The number of carbonyl (C=O) groups excluding carboxylic acids is 2. The number of thiazole rings is 1. The monoisotopic (exact) mass is 401 g/mol. The first kappa shape index (κ1) is 20.3. The van der Waals surface area contributed by atoms with Crippen LogP contribution in [0.3, 0.4) is 0 Å². The molecule has 0 saturated carbocycles. The van der Waals surface area contributed by atoms with Crippen LogP contribution in [0, 0.1) is 5.92 Å². The number of aromatic nitrogens is 1. The number of para-hydroxylation sites is 1. The van der Waals surface area contributed by atoms with Gasteiger partial charge in [0.2, 0.25) is 5.91 Å². The largest absolute Gasteiger partial charge is 0.496 e. The molecule has 3 rings (SSSR count). The first-order valence-corrected chi connectivity index (χ1v) is 10.5. The standard InChI is InChI=1S/C21H27N3O3S/c1-13(2)18(23-19(25)14-9-7-8-11-16(14)27-3)20(26)24-21-22-15-10-5-4-6-12-17(15)28-21/h7-9,11,13,18H,4-6,10,12H2,1-3H3,(H,23,25)(H,22,24,26). The van der Waals surface area contributed by atoms with Gasteiger partial charge in [-0.25, -0.2) is 4.98 Å². The normalized spacial score (nSPS) is 14.7. The Kier molecular flexibility index (Phi) is 6.67. The summed E-state index contributed by atoms with van der Waals surface area (Å²) in [6.07, 6.45) is 5.55. The summed E-state index contributed by atoms with van der Waals surface area (Å²) < 4.78 is 5.25. The number of anilines is 1. The summed E-state index contributed by atoms with van der Waals surface area (Å²) in [5, 5.41) is 6.37. The molecule has 2 amide bonds. The summed E-state index contributed by atoms with van der Waals surface area (Å²) in [6.45, 7) is 3.81. The molecule has 28 heavy (non-hydrogen) atoms. The highest BCUT2D eigenvalue weighted by molar-refractivity contribution is 7.15. The molecule has 1 aliphatic rings. The number of nitrogens with one attached hydrogen (secondary N) is 2. The van der Waals surface area contributed by atoms with Crippen LogP contribution in [0.25, 0.3) is 0 Å². The summed E-state index contributed by atoms with van der Waals surface area (Å²) in [4.78, 5) is 31.5. The number of fused-ring (bicyclic) bond motifs is 1. The molecular formula is C21H27N3O3S. The molecule has 0 spiro atoms. The molecular weight excluding hydrogens is 374 g/mol. The minimum Gasteiger partial charge on any atom is -0.496 e. The third kappa shape index (κ3) is 4.70. The summed E-state index contributed by atoms with van der Waals surface area (Å²) in [6, 6.07) is 6.31. The van der Waals surface area contributed by atoms with Crippen molar-refractivity contribution in [2.75, 3.05) is 12.4 Å². The molecule has 0 fully saturated rings. The Labute approximate surface area is 169 Å². The molecule has 1 aromatic heterocycles. The molecule has 0 radical (unpaired) electrons. The van der Waals surface area contributed by atoms with Crippen molar-refractivity contribution in [3.63, 3.8) is 0 Å². The smallest absolute Gasteiger partial charge is 0.255 e. The fraction of sp³-hybridized carbons (Fsp3) is 0.476. The quantitative estimate of drug-likeness (QED) is 0.721. The second kappa shape index (κ2) is 9.19. The topological polar surface area (TPSA) is 80.3 Å². The highest BCUT2D eigenvalue weighted by atomic mass is 32.1. The number of ether oxygens (including phenoxy) is 1. The van der Waals surface area contributed by atoms with Crippen LogP contribution in [0.2, 0.25) is 0 Å². The molecule has 1 unspecified atom stereocenters. The highest BCUT2D eigenvalue weighted by Crippen LogP contribution is 2.29. The molecule has 1 aromatic carbocycles. The molecule has 0 saturated heterocycles. The van der Waals surface area contributed by atoms with Crippen molar-refractivity contribution in [3.05, 3.63) is 40.4 Å². The lowest BCUT2D eigenvalue weighted by Crippen LogP contribution is -2.47. The number of methoxy groups -OCH3 is 1. The van der Waals surface area contributed by atoms with Gasteiger partial charge >= 0.3 is 0 Å². The first-order valence-electron chi connectivity index (χ1n) is 9.73.